The van der Waals surface area contributed by atoms with Crippen molar-refractivity contribution in [1.29, 1.82) is 0 Å². The predicted molar refractivity (Wildman–Crippen MR) is 71.8 cm³/mol. The minimum atomic E-state index is -0.0492. The van der Waals surface area contributed by atoms with E-state index in [-0.39, 0.29) is 24.4 Å². The molecule has 1 fully saturated rings. The molecule has 2 heterocycles. The molecule has 0 bridgehead atoms. The standard InChI is InChI=1S/C12H17N3O2.ClH/c1-17-9-5-7-15(8-6-9)12(16)10-3-2-4-11(13)14-10;/h2-4,9H,5-8H2,1H3,(H2,13,14);1H. The maximum atomic E-state index is 12.1. The molecule has 1 aliphatic heterocycles. The number of nitrogen functional groups attached to an aromatic ring is 1. The molecular weight excluding hydrogens is 254 g/mol. The number of hydrogen-bond acceptors (Lipinski definition) is 4. The summed E-state index contributed by atoms with van der Waals surface area (Å²) in [5, 5.41) is 0. The van der Waals surface area contributed by atoms with Gasteiger partial charge in [0.2, 0.25) is 0 Å². The van der Waals surface area contributed by atoms with Crippen molar-refractivity contribution in [3.63, 3.8) is 0 Å². The normalized spacial score (nSPS) is 16.2. The van der Waals surface area contributed by atoms with Crippen molar-refractivity contribution in [3.8, 4) is 0 Å². The number of hydrogen-bond donors (Lipinski definition) is 1. The summed E-state index contributed by atoms with van der Waals surface area (Å²) in [5.41, 5.74) is 5.99. The number of nitrogens with two attached hydrogens (primary N) is 1. The predicted octanol–water partition coefficient (Wildman–Crippen LogP) is 1.34. The Balaban J connectivity index is 0.00000162. The van der Waals surface area contributed by atoms with Crippen molar-refractivity contribution in [2.45, 2.75) is 18.9 Å². The summed E-state index contributed by atoms with van der Waals surface area (Å²) in [4.78, 5) is 18.0. The van der Waals surface area contributed by atoms with Crippen molar-refractivity contribution < 1.29 is 9.53 Å². The van der Waals surface area contributed by atoms with Gasteiger partial charge in [0.05, 0.1) is 6.10 Å². The van der Waals surface area contributed by atoms with E-state index < -0.39 is 0 Å². The first-order chi connectivity index (χ1) is 8.20. The van der Waals surface area contributed by atoms with Crippen molar-refractivity contribution in [2.24, 2.45) is 0 Å². The zero-order valence-corrected chi connectivity index (χ0v) is 11.2. The van der Waals surface area contributed by atoms with Gasteiger partial charge in [-0.05, 0) is 25.0 Å². The Labute approximate surface area is 113 Å². The summed E-state index contributed by atoms with van der Waals surface area (Å²) in [6.45, 7) is 1.43. The number of halogens is 1. The van der Waals surface area contributed by atoms with Crippen molar-refractivity contribution in [3.05, 3.63) is 23.9 Å². The van der Waals surface area contributed by atoms with E-state index in [0.717, 1.165) is 12.8 Å². The first-order valence-electron chi connectivity index (χ1n) is 5.75. The van der Waals surface area contributed by atoms with Gasteiger partial charge in [-0.2, -0.15) is 0 Å². The minimum Gasteiger partial charge on any atom is -0.384 e. The fraction of sp³-hybridized carbons (Fsp3) is 0.500. The van der Waals surface area contributed by atoms with Gasteiger partial charge in [0.1, 0.15) is 11.5 Å². The van der Waals surface area contributed by atoms with E-state index in [9.17, 15) is 4.79 Å². The third-order valence-electron chi connectivity index (χ3n) is 3.05. The number of carbonyl (C=O) groups is 1. The van der Waals surface area contributed by atoms with Crippen LogP contribution < -0.4 is 5.73 Å². The van der Waals surface area contributed by atoms with E-state index in [4.69, 9.17) is 10.5 Å². The molecule has 0 radical (unpaired) electrons. The topological polar surface area (TPSA) is 68.5 Å². The average molecular weight is 272 g/mol. The van der Waals surface area contributed by atoms with E-state index in [0.29, 0.717) is 24.6 Å². The number of methoxy groups -OCH3 is 1. The molecule has 1 aromatic heterocycles. The molecule has 18 heavy (non-hydrogen) atoms. The molecule has 1 amide bonds. The molecule has 0 unspecified atom stereocenters. The average Bonchev–Trinajstić information content (AvgIpc) is 2.38. The first-order valence-corrected chi connectivity index (χ1v) is 5.75. The number of aromatic nitrogens is 1. The Kier molecular flexibility index (Phi) is 5.37. The Hall–Kier alpha value is -1.33. The molecule has 1 saturated heterocycles. The molecule has 100 valence electrons. The summed E-state index contributed by atoms with van der Waals surface area (Å²) < 4.78 is 5.27. The number of likely N-dealkylation sites (tertiary alicyclic amines) is 1. The molecule has 0 aliphatic carbocycles. The first kappa shape index (κ1) is 14.7. The van der Waals surface area contributed by atoms with E-state index in [2.05, 4.69) is 4.98 Å². The third-order valence-corrected chi connectivity index (χ3v) is 3.05. The highest BCUT2D eigenvalue weighted by Crippen LogP contribution is 2.15. The van der Waals surface area contributed by atoms with Crippen LogP contribution in [0, 0.1) is 0 Å². The summed E-state index contributed by atoms with van der Waals surface area (Å²) in [6, 6.07) is 5.12. The third kappa shape index (κ3) is 3.34. The lowest BCUT2D eigenvalue weighted by atomic mass is 10.1. The van der Waals surface area contributed by atoms with Crippen LogP contribution in [0.25, 0.3) is 0 Å². The van der Waals surface area contributed by atoms with Gasteiger partial charge >= 0.3 is 0 Å². The van der Waals surface area contributed by atoms with Gasteiger partial charge in [0.25, 0.3) is 5.91 Å². The SMILES string of the molecule is COC1CCN(C(=O)c2cccc(N)n2)CC1.Cl. The summed E-state index contributed by atoms with van der Waals surface area (Å²) in [7, 11) is 1.71. The lowest BCUT2D eigenvalue weighted by Crippen LogP contribution is -2.40. The second kappa shape index (κ2) is 6.56. The molecule has 5 nitrogen and oxygen atoms in total. The molecule has 0 spiro atoms. The van der Waals surface area contributed by atoms with Crippen LogP contribution in [-0.2, 0) is 4.74 Å². The fourth-order valence-electron chi connectivity index (χ4n) is 2.03. The van der Waals surface area contributed by atoms with Gasteiger partial charge < -0.3 is 15.4 Å². The number of anilines is 1. The van der Waals surface area contributed by atoms with Crippen LogP contribution in [0.4, 0.5) is 5.82 Å². The Morgan fingerprint density at radius 3 is 2.67 bits per heavy atom. The van der Waals surface area contributed by atoms with Gasteiger partial charge in [-0.1, -0.05) is 6.07 Å². The van der Waals surface area contributed by atoms with Crippen LogP contribution in [0.3, 0.4) is 0 Å². The van der Waals surface area contributed by atoms with Crippen LogP contribution in [-0.4, -0.2) is 42.1 Å². The number of ether oxygens (including phenoxy) is 1. The lowest BCUT2D eigenvalue weighted by Gasteiger charge is -2.31. The molecule has 0 saturated carbocycles. The van der Waals surface area contributed by atoms with Crippen molar-refractivity contribution >= 4 is 24.1 Å². The van der Waals surface area contributed by atoms with Gasteiger partial charge in [-0.3, -0.25) is 4.79 Å². The fourth-order valence-corrected chi connectivity index (χ4v) is 2.03. The number of piperidine rings is 1. The van der Waals surface area contributed by atoms with Crippen LogP contribution in [0.2, 0.25) is 0 Å². The Bertz CT molecular complexity index is 406. The Morgan fingerprint density at radius 2 is 2.11 bits per heavy atom. The summed E-state index contributed by atoms with van der Waals surface area (Å²) in [5.74, 6) is 0.328. The molecule has 1 aliphatic rings. The zero-order chi connectivity index (χ0) is 12.3. The quantitative estimate of drug-likeness (QED) is 0.881. The largest absolute Gasteiger partial charge is 0.384 e. The highest BCUT2D eigenvalue weighted by atomic mass is 35.5. The highest BCUT2D eigenvalue weighted by molar-refractivity contribution is 5.92. The van der Waals surface area contributed by atoms with Gasteiger partial charge in [-0.25, -0.2) is 4.98 Å². The van der Waals surface area contributed by atoms with Gasteiger partial charge in [-0.15, -0.1) is 12.4 Å². The number of pyridine rings is 1. The van der Waals surface area contributed by atoms with E-state index in [1.165, 1.54) is 0 Å². The summed E-state index contributed by atoms with van der Waals surface area (Å²) in [6.07, 6.45) is 2.03. The maximum Gasteiger partial charge on any atom is 0.272 e. The second-order valence-electron chi connectivity index (χ2n) is 4.17. The van der Waals surface area contributed by atoms with Crippen LogP contribution in [0.15, 0.2) is 18.2 Å². The maximum absolute atomic E-state index is 12.1. The van der Waals surface area contributed by atoms with E-state index in [1.54, 1.807) is 30.2 Å². The smallest absolute Gasteiger partial charge is 0.272 e. The summed E-state index contributed by atoms with van der Waals surface area (Å²) >= 11 is 0. The minimum absolute atomic E-state index is 0. The van der Waals surface area contributed by atoms with Gasteiger partial charge in [0, 0.05) is 20.2 Å². The number of amides is 1. The van der Waals surface area contributed by atoms with Crippen molar-refractivity contribution in [2.75, 3.05) is 25.9 Å². The highest BCUT2D eigenvalue weighted by Gasteiger charge is 2.23. The van der Waals surface area contributed by atoms with Crippen molar-refractivity contribution in [1.82, 2.24) is 9.88 Å². The van der Waals surface area contributed by atoms with E-state index >= 15 is 0 Å². The second-order valence-corrected chi connectivity index (χ2v) is 4.17. The number of nitrogens with zero attached hydrogens (tertiary/aromatic N) is 2. The molecule has 0 aromatic carbocycles. The van der Waals surface area contributed by atoms with E-state index in [1.807, 2.05) is 0 Å². The molecule has 6 heteroatoms. The number of carbonyl (C=O) groups excluding carboxylic acids is 1. The zero-order valence-electron chi connectivity index (χ0n) is 10.3. The van der Waals surface area contributed by atoms with Crippen LogP contribution in [0.1, 0.15) is 23.3 Å². The molecule has 0 atom stereocenters. The number of rotatable bonds is 2. The molecule has 2 N–H and O–H groups in total. The molecule has 1 aromatic rings. The molecule has 2 rings (SSSR count). The molecular formula is C12H18ClN3O2. The van der Waals surface area contributed by atoms with Crippen LogP contribution in [0.5, 0.6) is 0 Å². The monoisotopic (exact) mass is 271 g/mol. The Morgan fingerprint density at radius 1 is 1.44 bits per heavy atom. The van der Waals surface area contributed by atoms with Gasteiger partial charge in [0.15, 0.2) is 0 Å². The lowest BCUT2D eigenvalue weighted by molar-refractivity contribution is 0.0348. The van der Waals surface area contributed by atoms with Crippen LogP contribution >= 0.6 is 12.4 Å².